The number of carbonyl (C=O) groups is 1. The molecule has 2 saturated heterocycles. The molecule has 0 aromatic heterocycles. The van der Waals surface area contributed by atoms with Crippen molar-refractivity contribution in [1.82, 2.24) is 9.21 Å². The van der Waals surface area contributed by atoms with Crippen LogP contribution in [0.25, 0.3) is 0 Å². The largest absolute Gasteiger partial charge is 0.374 e. The van der Waals surface area contributed by atoms with E-state index in [1.54, 1.807) is 16.4 Å². The Labute approximate surface area is 180 Å². The lowest BCUT2D eigenvalue weighted by molar-refractivity contribution is -0.149. The molecule has 2 unspecified atom stereocenters. The van der Waals surface area contributed by atoms with Gasteiger partial charge in [0.25, 0.3) is 0 Å². The molecular formula is C23H34N2O4S. The van der Waals surface area contributed by atoms with Crippen LogP contribution in [0.1, 0.15) is 63.4 Å². The van der Waals surface area contributed by atoms with Gasteiger partial charge in [0.2, 0.25) is 15.9 Å². The average Bonchev–Trinajstić information content (AvgIpc) is 3.08. The summed E-state index contributed by atoms with van der Waals surface area (Å²) in [7, 11) is -3.42. The van der Waals surface area contributed by atoms with Crippen LogP contribution in [-0.4, -0.2) is 61.9 Å². The number of ether oxygens (including phenoxy) is 1. The first-order valence-electron chi connectivity index (χ1n) is 11.6. The standard InChI is InChI=1S/C23H34N2O4S/c26-23(25-17-18-29-22-8-4-3-7-21(22)25)14-11-19-9-12-20(13-10-19)30(27,28)24-15-5-1-2-6-16-24/h9-10,12-13,21-22H,1-8,11,14-18H2. The number of sulfonamides is 1. The van der Waals surface area contributed by atoms with Gasteiger partial charge >= 0.3 is 0 Å². The van der Waals surface area contributed by atoms with Gasteiger partial charge in [-0.15, -0.1) is 0 Å². The summed E-state index contributed by atoms with van der Waals surface area (Å²) in [6.07, 6.45) is 9.83. The number of carbonyl (C=O) groups excluding carboxylic acids is 1. The van der Waals surface area contributed by atoms with Crippen molar-refractivity contribution in [3.8, 4) is 0 Å². The van der Waals surface area contributed by atoms with E-state index in [1.165, 1.54) is 12.8 Å². The van der Waals surface area contributed by atoms with E-state index in [9.17, 15) is 13.2 Å². The summed E-state index contributed by atoms with van der Waals surface area (Å²) < 4.78 is 33.3. The minimum atomic E-state index is -3.42. The van der Waals surface area contributed by atoms with Gasteiger partial charge in [-0.3, -0.25) is 4.79 Å². The molecule has 0 radical (unpaired) electrons. The predicted octanol–water partition coefficient (Wildman–Crippen LogP) is 3.35. The summed E-state index contributed by atoms with van der Waals surface area (Å²) in [5.74, 6) is 0.191. The Kier molecular flexibility index (Phi) is 7.11. The van der Waals surface area contributed by atoms with Crippen LogP contribution in [0, 0.1) is 0 Å². The first-order chi connectivity index (χ1) is 14.6. The molecule has 4 rings (SSSR count). The van der Waals surface area contributed by atoms with E-state index < -0.39 is 10.0 Å². The second-order valence-electron chi connectivity index (χ2n) is 8.81. The number of nitrogens with zero attached hydrogens (tertiary/aromatic N) is 2. The van der Waals surface area contributed by atoms with Crippen molar-refractivity contribution in [3.05, 3.63) is 29.8 Å². The molecule has 30 heavy (non-hydrogen) atoms. The maximum atomic E-state index is 12.9. The first-order valence-corrected chi connectivity index (χ1v) is 13.0. The number of hydrogen-bond acceptors (Lipinski definition) is 4. The molecule has 1 aromatic carbocycles. The Morgan fingerprint density at radius 2 is 1.63 bits per heavy atom. The number of morpholine rings is 1. The van der Waals surface area contributed by atoms with Crippen molar-refractivity contribution < 1.29 is 17.9 Å². The molecule has 1 aliphatic carbocycles. The molecule has 3 aliphatic rings. The zero-order chi connectivity index (χ0) is 21.0. The van der Waals surface area contributed by atoms with Gasteiger partial charge in [0.15, 0.2) is 0 Å². The Balaban J connectivity index is 1.35. The van der Waals surface area contributed by atoms with Gasteiger partial charge in [-0.2, -0.15) is 4.31 Å². The molecule has 1 saturated carbocycles. The number of amides is 1. The highest BCUT2D eigenvalue weighted by Gasteiger charge is 2.36. The van der Waals surface area contributed by atoms with Gasteiger partial charge in [-0.1, -0.05) is 37.8 Å². The summed E-state index contributed by atoms with van der Waals surface area (Å²) in [5, 5.41) is 0. The van der Waals surface area contributed by atoms with E-state index in [0.29, 0.717) is 44.0 Å². The van der Waals surface area contributed by atoms with Gasteiger partial charge in [0, 0.05) is 26.1 Å². The molecular weight excluding hydrogens is 400 g/mol. The minimum absolute atomic E-state index is 0.191. The second kappa shape index (κ2) is 9.79. The van der Waals surface area contributed by atoms with Crippen molar-refractivity contribution in [2.45, 2.75) is 81.2 Å². The minimum Gasteiger partial charge on any atom is -0.374 e. The third-order valence-electron chi connectivity index (χ3n) is 6.81. The Morgan fingerprint density at radius 3 is 2.37 bits per heavy atom. The Morgan fingerprint density at radius 1 is 0.933 bits per heavy atom. The van der Waals surface area contributed by atoms with Crippen LogP contribution in [0.4, 0.5) is 0 Å². The Hall–Kier alpha value is -1.44. The molecule has 6 nitrogen and oxygen atoms in total. The van der Waals surface area contributed by atoms with Crippen LogP contribution in [0.15, 0.2) is 29.2 Å². The molecule has 0 spiro atoms. The average molecular weight is 435 g/mol. The lowest BCUT2D eigenvalue weighted by atomic mass is 9.90. The second-order valence-corrected chi connectivity index (χ2v) is 10.7. The molecule has 1 amide bonds. The zero-order valence-corrected chi connectivity index (χ0v) is 18.6. The van der Waals surface area contributed by atoms with Crippen LogP contribution in [-0.2, 0) is 26.0 Å². The number of rotatable bonds is 5. The van der Waals surface area contributed by atoms with E-state index in [4.69, 9.17) is 4.74 Å². The monoisotopic (exact) mass is 434 g/mol. The molecule has 0 N–H and O–H groups in total. The first kappa shape index (κ1) is 21.8. The van der Waals surface area contributed by atoms with Crippen molar-refractivity contribution in [2.75, 3.05) is 26.2 Å². The fourth-order valence-corrected chi connectivity index (χ4v) is 6.58. The van der Waals surface area contributed by atoms with Gasteiger partial charge in [-0.05, 0) is 49.8 Å². The molecule has 2 heterocycles. The van der Waals surface area contributed by atoms with Crippen LogP contribution in [0.5, 0.6) is 0 Å². The lowest BCUT2D eigenvalue weighted by Gasteiger charge is -2.43. The highest BCUT2D eigenvalue weighted by molar-refractivity contribution is 7.89. The normalized spacial score (nSPS) is 26.1. The molecule has 1 aromatic rings. The van der Waals surface area contributed by atoms with Crippen LogP contribution in [0.3, 0.4) is 0 Å². The smallest absolute Gasteiger partial charge is 0.243 e. The number of benzene rings is 1. The SMILES string of the molecule is O=C(CCc1ccc(S(=O)(=O)N2CCCCCC2)cc1)N1CCOC2CCCCC21. The third kappa shape index (κ3) is 4.89. The maximum Gasteiger partial charge on any atom is 0.243 e. The highest BCUT2D eigenvalue weighted by atomic mass is 32.2. The fourth-order valence-electron chi connectivity index (χ4n) is 5.06. The van der Waals surface area contributed by atoms with E-state index in [2.05, 4.69) is 0 Å². The molecule has 3 fully saturated rings. The lowest BCUT2D eigenvalue weighted by Crippen LogP contribution is -2.54. The third-order valence-corrected chi connectivity index (χ3v) is 8.72. The predicted molar refractivity (Wildman–Crippen MR) is 116 cm³/mol. The molecule has 7 heteroatoms. The quantitative estimate of drug-likeness (QED) is 0.713. The van der Waals surface area contributed by atoms with Gasteiger partial charge in [-0.25, -0.2) is 8.42 Å². The molecule has 0 bridgehead atoms. The summed E-state index contributed by atoms with van der Waals surface area (Å²) >= 11 is 0. The zero-order valence-electron chi connectivity index (χ0n) is 17.8. The summed E-state index contributed by atoms with van der Waals surface area (Å²) in [4.78, 5) is 15.3. The van der Waals surface area contributed by atoms with Gasteiger partial charge in [0.05, 0.1) is 23.6 Å². The van der Waals surface area contributed by atoms with Crippen LogP contribution >= 0.6 is 0 Å². The van der Waals surface area contributed by atoms with E-state index in [0.717, 1.165) is 44.1 Å². The number of aryl methyl sites for hydroxylation is 1. The van der Waals surface area contributed by atoms with E-state index in [-0.39, 0.29) is 18.1 Å². The summed E-state index contributed by atoms with van der Waals surface area (Å²) in [5.41, 5.74) is 1.01. The summed E-state index contributed by atoms with van der Waals surface area (Å²) in [6, 6.07) is 7.36. The topological polar surface area (TPSA) is 66.9 Å². The van der Waals surface area contributed by atoms with Crippen molar-refractivity contribution >= 4 is 15.9 Å². The van der Waals surface area contributed by atoms with Crippen molar-refractivity contribution in [3.63, 3.8) is 0 Å². The van der Waals surface area contributed by atoms with Gasteiger partial charge < -0.3 is 9.64 Å². The highest BCUT2D eigenvalue weighted by Crippen LogP contribution is 2.29. The molecule has 2 atom stereocenters. The van der Waals surface area contributed by atoms with E-state index in [1.807, 2.05) is 17.0 Å². The Bertz CT molecular complexity index is 814. The van der Waals surface area contributed by atoms with Crippen LogP contribution < -0.4 is 0 Å². The van der Waals surface area contributed by atoms with Gasteiger partial charge in [0.1, 0.15) is 0 Å². The fraction of sp³-hybridized carbons (Fsp3) is 0.696. The number of hydrogen-bond donors (Lipinski definition) is 0. The maximum absolute atomic E-state index is 12.9. The molecule has 166 valence electrons. The van der Waals surface area contributed by atoms with E-state index >= 15 is 0 Å². The van der Waals surface area contributed by atoms with Crippen molar-refractivity contribution in [1.29, 1.82) is 0 Å². The number of fused-ring (bicyclic) bond motifs is 1. The van der Waals surface area contributed by atoms with Crippen LogP contribution in [0.2, 0.25) is 0 Å². The molecule has 2 aliphatic heterocycles. The van der Waals surface area contributed by atoms with Crippen molar-refractivity contribution in [2.24, 2.45) is 0 Å². The summed E-state index contributed by atoms with van der Waals surface area (Å²) in [6.45, 7) is 2.55.